The molecule has 1 rings (SSSR count). The zero-order chi connectivity index (χ0) is 12.6. The fourth-order valence-electron chi connectivity index (χ4n) is 3.40. The van der Waals surface area contributed by atoms with Crippen LogP contribution in [-0.4, -0.2) is 24.0 Å². The van der Waals surface area contributed by atoms with Crippen LogP contribution in [0.15, 0.2) is 0 Å². The molecule has 0 amide bonds. The molecule has 1 heterocycles. The molecule has 0 N–H and O–H groups in total. The van der Waals surface area contributed by atoms with Gasteiger partial charge >= 0.3 is 0 Å². The quantitative estimate of drug-likeness (QED) is 0.539. The van der Waals surface area contributed by atoms with E-state index in [1.807, 2.05) is 0 Å². The third kappa shape index (κ3) is 4.62. The summed E-state index contributed by atoms with van der Waals surface area (Å²) in [5.74, 6) is 0. The average molecular weight is 239 g/mol. The minimum absolute atomic E-state index is 0.572. The van der Waals surface area contributed by atoms with Gasteiger partial charge in [-0.15, -0.1) is 0 Å². The van der Waals surface area contributed by atoms with Crippen molar-refractivity contribution in [3.63, 3.8) is 0 Å². The van der Waals surface area contributed by atoms with Crippen LogP contribution < -0.4 is 0 Å². The van der Waals surface area contributed by atoms with Crippen molar-refractivity contribution in [2.24, 2.45) is 0 Å². The molecule has 0 aromatic carbocycles. The Morgan fingerprint density at radius 3 is 1.94 bits per heavy atom. The van der Waals surface area contributed by atoms with Crippen LogP contribution in [0.1, 0.15) is 84.5 Å². The summed E-state index contributed by atoms with van der Waals surface area (Å²) >= 11 is 0. The summed E-state index contributed by atoms with van der Waals surface area (Å²) in [4.78, 5) is 2.70. The lowest BCUT2D eigenvalue weighted by atomic mass is 9.78. The maximum absolute atomic E-state index is 2.70. The number of nitrogens with zero attached hydrogens (tertiary/aromatic N) is 1. The van der Waals surface area contributed by atoms with Crippen molar-refractivity contribution in [3.8, 4) is 0 Å². The Morgan fingerprint density at radius 2 is 1.47 bits per heavy atom. The Balaban J connectivity index is 2.48. The molecule has 0 aromatic rings. The molecule has 0 saturated carbocycles. The fraction of sp³-hybridized carbons (Fsp3) is 1.00. The molecule has 0 spiro atoms. The molecule has 1 saturated heterocycles. The van der Waals surface area contributed by atoms with Gasteiger partial charge in [-0.1, -0.05) is 58.8 Å². The summed E-state index contributed by atoms with van der Waals surface area (Å²) in [6, 6.07) is 0. The van der Waals surface area contributed by atoms with Gasteiger partial charge in [-0.2, -0.15) is 0 Å². The van der Waals surface area contributed by atoms with Crippen LogP contribution in [0.4, 0.5) is 0 Å². The van der Waals surface area contributed by atoms with E-state index < -0.39 is 0 Å². The highest BCUT2D eigenvalue weighted by Crippen LogP contribution is 2.36. The number of hydrogen-bond donors (Lipinski definition) is 0. The first-order valence-electron chi connectivity index (χ1n) is 7.96. The van der Waals surface area contributed by atoms with E-state index in [0.717, 1.165) is 0 Å². The van der Waals surface area contributed by atoms with Gasteiger partial charge in [-0.3, -0.25) is 0 Å². The molecule has 1 nitrogen and oxygen atoms in total. The second-order valence-electron chi connectivity index (χ2n) is 6.02. The number of rotatable bonds is 8. The fourth-order valence-corrected chi connectivity index (χ4v) is 3.40. The first-order valence-corrected chi connectivity index (χ1v) is 7.96. The SMILES string of the molecule is CCCCCC1(CCCCC)CCCCN1C. The molecule has 0 atom stereocenters. The number of unbranched alkanes of at least 4 members (excludes halogenated alkanes) is 4. The molecule has 17 heavy (non-hydrogen) atoms. The Hall–Kier alpha value is -0.0400. The van der Waals surface area contributed by atoms with Crippen molar-refractivity contribution in [1.29, 1.82) is 0 Å². The van der Waals surface area contributed by atoms with Gasteiger partial charge in [0.2, 0.25) is 0 Å². The van der Waals surface area contributed by atoms with Crippen molar-refractivity contribution >= 4 is 0 Å². The zero-order valence-electron chi connectivity index (χ0n) is 12.4. The molecular formula is C16H33N. The first kappa shape index (κ1) is 15.0. The minimum atomic E-state index is 0.572. The van der Waals surface area contributed by atoms with E-state index in [-0.39, 0.29) is 0 Å². The summed E-state index contributed by atoms with van der Waals surface area (Å²) in [6.45, 7) is 5.96. The number of hydrogen-bond acceptors (Lipinski definition) is 1. The minimum Gasteiger partial charge on any atom is -0.301 e. The predicted molar refractivity (Wildman–Crippen MR) is 77.5 cm³/mol. The van der Waals surface area contributed by atoms with E-state index in [1.165, 1.54) is 77.2 Å². The zero-order valence-corrected chi connectivity index (χ0v) is 12.4. The summed E-state index contributed by atoms with van der Waals surface area (Å²) in [5, 5.41) is 0. The highest BCUT2D eigenvalue weighted by molar-refractivity contribution is 4.91. The first-order chi connectivity index (χ1) is 8.25. The lowest BCUT2D eigenvalue weighted by Crippen LogP contribution is -2.49. The average Bonchev–Trinajstić information content (AvgIpc) is 2.33. The van der Waals surface area contributed by atoms with Crippen LogP contribution in [0.3, 0.4) is 0 Å². The molecule has 102 valence electrons. The monoisotopic (exact) mass is 239 g/mol. The van der Waals surface area contributed by atoms with Gasteiger partial charge in [0.25, 0.3) is 0 Å². The van der Waals surface area contributed by atoms with Crippen molar-refractivity contribution < 1.29 is 0 Å². The molecule has 0 aliphatic carbocycles. The molecule has 0 aromatic heterocycles. The van der Waals surface area contributed by atoms with Crippen LogP contribution in [0.25, 0.3) is 0 Å². The molecule has 1 aliphatic rings. The second-order valence-corrected chi connectivity index (χ2v) is 6.02. The highest BCUT2D eigenvalue weighted by Gasteiger charge is 2.35. The molecule has 0 unspecified atom stereocenters. The molecule has 1 heteroatoms. The van der Waals surface area contributed by atoms with Crippen LogP contribution >= 0.6 is 0 Å². The lowest BCUT2D eigenvalue weighted by molar-refractivity contribution is 0.0511. The van der Waals surface area contributed by atoms with Gasteiger partial charge < -0.3 is 4.90 Å². The van der Waals surface area contributed by atoms with Crippen LogP contribution in [0.5, 0.6) is 0 Å². The highest BCUT2D eigenvalue weighted by atomic mass is 15.2. The van der Waals surface area contributed by atoms with E-state index in [0.29, 0.717) is 5.54 Å². The van der Waals surface area contributed by atoms with E-state index >= 15 is 0 Å². The Bertz CT molecular complexity index is 178. The third-order valence-corrected chi connectivity index (χ3v) is 4.69. The normalized spacial score (nSPS) is 20.6. The van der Waals surface area contributed by atoms with Crippen molar-refractivity contribution in [3.05, 3.63) is 0 Å². The van der Waals surface area contributed by atoms with Gasteiger partial charge in [0.15, 0.2) is 0 Å². The Morgan fingerprint density at radius 1 is 0.882 bits per heavy atom. The number of likely N-dealkylation sites (tertiary alicyclic amines) is 1. The van der Waals surface area contributed by atoms with Crippen molar-refractivity contribution in [1.82, 2.24) is 4.90 Å². The second kappa shape index (κ2) is 8.13. The van der Waals surface area contributed by atoms with Gasteiger partial charge in [0.05, 0.1) is 0 Å². The summed E-state index contributed by atoms with van der Waals surface area (Å²) < 4.78 is 0. The van der Waals surface area contributed by atoms with E-state index in [2.05, 4.69) is 25.8 Å². The van der Waals surface area contributed by atoms with Crippen LogP contribution in [0, 0.1) is 0 Å². The van der Waals surface area contributed by atoms with E-state index in [9.17, 15) is 0 Å². The molecule has 1 fully saturated rings. The van der Waals surface area contributed by atoms with Crippen molar-refractivity contribution in [2.75, 3.05) is 13.6 Å². The Kier molecular flexibility index (Phi) is 7.18. The van der Waals surface area contributed by atoms with E-state index in [4.69, 9.17) is 0 Å². The maximum atomic E-state index is 2.70. The standard InChI is InChI=1S/C16H33N/c1-4-6-8-12-16(13-9-7-5-2)14-10-11-15-17(16)3/h4-15H2,1-3H3. The predicted octanol–water partition coefficient (Wildman–Crippen LogP) is 5.00. The van der Waals surface area contributed by atoms with Gasteiger partial charge in [0.1, 0.15) is 0 Å². The van der Waals surface area contributed by atoms with Crippen LogP contribution in [-0.2, 0) is 0 Å². The topological polar surface area (TPSA) is 3.24 Å². The summed E-state index contributed by atoms with van der Waals surface area (Å²) in [5.41, 5.74) is 0.572. The molecule has 0 bridgehead atoms. The van der Waals surface area contributed by atoms with Gasteiger partial charge in [-0.05, 0) is 39.3 Å². The largest absolute Gasteiger partial charge is 0.301 e. The molecular weight excluding hydrogens is 206 g/mol. The summed E-state index contributed by atoms with van der Waals surface area (Å²) in [7, 11) is 2.37. The van der Waals surface area contributed by atoms with Gasteiger partial charge in [0, 0.05) is 5.54 Å². The Labute approximate surface area is 109 Å². The lowest BCUT2D eigenvalue weighted by Gasteiger charge is -2.46. The van der Waals surface area contributed by atoms with Crippen molar-refractivity contribution in [2.45, 2.75) is 90.0 Å². The smallest absolute Gasteiger partial charge is 0.0206 e. The molecule has 0 radical (unpaired) electrons. The third-order valence-electron chi connectivity index (χ3n) is 4.69. The van der Waals surface area contributed by atoms with Gasteiger partial charge in [-0.25, -0.2) is 0 Å². The maximum Gasteiger partial charge on any atom is 0.0206 e. The number of piperidine rings is 1. The van der Waals surface area contributed by atoms with Crippen LogP contribution in [0.2, 0.25) is 0 Å². The molecule has 1 aliphatic heterocycles. The summed E-state index contributed by atoms with van der Waals surface area (Å²) in [6.07, 6.45) is 15.7. The van der Waals surface area contributed by atoms with E-state index in [1.54, 1.807) is 0 Å².